The summed E-state index contributed by atoms with van der Waals surface area (Å²) in [7, 11) is -4.58. The fourth-order valence-corrected chi connectivity index (χ4v) is 2.40. The molecule has 3 N–H and O–H groups in total. The van der Waals surface area contributed by atoms with Gasteiger partial charge in [-0.05, 0) is 24.4 Å². The summed E-state index contributed by atoms with van der Waals surface area (Å²) in [4.78, 5) is 10.7. The highest BCUT2D eigenvalue weighted by atomic mass is 32.2. The van der Waals surface area contributed by atoms with Crippen molar-refractivity contribution in [2.75, 3.05) is 13.1 Å². The first-order chi connectivity index (χ1) is 9.32. The fourth-order valence-electron chi connectivity index (χ4n) is 1.82. The average molecular weight is 301 g/mol. The number of carbonyl (C=O) groups is 1. The SMILES string of the molecule is CC(CCNCC(C(=O)O)S(=O)(=O)O)c1ccccc1. The maximum Gasteiger partial charge on any atom is 0.325 e. The molecule has 0 aliphatic carbocycles. The molecule has 0 saturated heterocycles. The molecule has 0 aliphatic heterocycles. The first kappa shape index (κ1) is 16.6. The Morgan fingerprint density at radius 2 is 1.90 bits per heavy atom. The number of nitrogens with one attached hydrogen (secondary N) is 1. The van der Waals surface area contributed by atoms with E-state index < -0.39 is 21.3 Å². The third-order valence-electron chi connectivity index (χ3n) is 3.09. The van der Waals surface area contributed by atoms with Gasteiger partial charge in [0.05, 0.1) is 0 Å². The van der Waals surface area contributed by atoms with Crippen LogP contribution >= 0.6 is 0 Å². The molecule has 2 atom stereocenters. The molecule has 1 aromatic carbocycles. The van der Waals surface area contributed by atoms with Crippen molar-refractivity contribution in [3.63, 3.8) is 0 Å². The van der Waals surface area contributed by atoms with Crippen LogP contribution in [0.5, 0.6) is 0 Å². The number of aliphatic carboxylic acids is 1. The fraction of sp³-hybridized carbons (Fsp3) is 0.462. The summed E-state index contributed by atoms with van der Waals surface area (Å²) in [5.74, 6) is -1.28. The molecule has 0 saturated carbocycles. The van der Waals surface area contributed by atoms with Crippen LogP contribution in [0.2, 0.25) is 0 Å². The van der Waals surface area contributed by atoms with Gasteiger partial charge in [0, 0.05) is 6.54 Å². The Morgan fingerprint density at radius 3 is 2.40 bits per heavy atom. The van der Waals surface area contributed by atoms with E-state index in [-0.39, 0.29) is 12.5 Å². The summed E-state index contributed by atoms with van der Waals surface area (Å²) < 4.78 is 30.5. The predicted molar refractivity (Wildman–Crippen MR) is 75.3 cm³/mol. The van der Waals surface area contributed by atoms with Crippen LogP contribution in [0, 0.1) is 0 Å². The highest BCUT2D eigenvalue weighted by Crippen LogP contribution is 2.17. The van der Waals surface area contributed by atoms with Gasteiger partial charge in [-0.3, -0.25) is 9.35 Å². The van der Waals surface area contributed by atoms with Crippen molar-refractivity contribution in [1.82, 2.24) is 5.32 Å². The van der Waals surface area contributed by atoms with E-state index in [1.807, 2.05) is 37.3 Å². The molecule has 1 rings (SSSR count). The summed E-state index contributed by atoms with van der Waals surface area (Å²) in [6.45, 7) is 2.19. The minimum atomic E-state index is -4.58. The van der Waals surface area contributed by atoms with Crippen molar-refractivity contribution in [2.45, 2.75) is 24.5 Å². The molecule has 2 unspecified atom stereocenters. The van der Waals surface area contributed by atoms with E-state index in [1.54, 1.807) is 0 Å². The van der Waals surface area contributed by atoms with Gasteiger partial charge in [0.15, 0.2) is 5.25 Å². The molecular weight excluding hydrogens is 282 g/mol. The Bertz CT molecular complexity index is 529. The zero-order chi connectivity index (χ0) is 15.2. The number of hydrogen-bond acceptors (Lipinski definition) is 4. The summed E-state index contributed by atoms with van der Waals surface area (Å²) >= 11 is 0. The maximum absolute atomic E-state index is 10.9. The normalized spacial score (nSPS) is 14.7. The highest BCUT2D eigenvalue weighted by Gasteiger charge is 2.30. The third kappa shape index (κ3) is 5.28. The van der Waals surface area contributed by atoms with E-state index in [0.29, 0.717) is 6.54 Å². The zero-order valence-electron chi connectivity index (χ0n) is 11.2. The Balaban J connectivity index is 2.40. The maximum atomic E-state index is 10.9. The first-order valence-corrected chi connectivity index (χ1v) is 7.77. The molecule has 0 amide bonds. The smallest absolute Gasteiger partial charge is 0.325 e. The molecule has 0 heterocycles. The van der Waals surface area contributed by atoms with Crippen molar-refractivity contribution in [1.29, 1.82) is 0 Å². The molecule has 0 spiro atoms. The van der Waals surface area contributed by atoms with Crippen LogP contribution < -0.4 is 5.32 Å². The minimum absolute atomic E-state index is 0.276. The van der Waals surface area contributed by atoms with Gasteiger partial charge in [-0.15, -0.1) is 0 Å². The topological polar surface area (TPSA) is 104 Å². The van der Waals surface area contributed by atoms with Crippen LogP contribution in [0.25, 0.3) is 0 Å². The van der Waals surface area contributed by atoms with Crippen LogP contribution in [0.4, 0.5) is 0 Å². The Morgan fingerprint density at radius 1 is 1.30 bits per heavy atom. The van der Waals surface area contributed by atoms with Gasteiger partial charge in [-0.1, -0.05) is 37.3 Å². The second-order valence-corrected chi connectivity index (χ2v) is 6.25. The van der Waals surface area contributed by atoms with Crippen molar-refractivity contribution in [2.24, 2.45) is 0 Å². The molecular formula is C13H19NO5S. The van der Waals surface area contributed by atoms with E-state index >= 15 is 0 Å². The number of benzene rings is 1. The molecule has 20 heavy (non-hydrogen) atoms. The van der Waals surface area contributed by atoms with Crippen LogP contribution in [-0.4, -0.2) is 42.4 Å². The number of rotatable bonds is 8. The summed E-state index contributed by atoms with van der Waals surface area (Å²) in [6, 6.07) is 9.82. The van der Waals surface area contributed by atoms with E-state index in [9.17, 15) is 13.2 Å². The monoisotopic (exact) mass is 301 g/mol. The van der Waals surface area contributed by atoms with Crippen molar-refractivity contribution < 1.29 is 22.9 Å². The van der Waals surface area contributed by atoms with Crippen LogP contribution in [0.1, 0.15) is 24.8 Å². The molecule has 0 bridgehead atoms. The van der Waals surface area contributed by atoms with Gasteiger partial charge in [-0.25, -0.2) is 0 Å². The largest absolute Gasteiger partial charge is 0.480 e. The molecule has 0 aliphatic rings. The van der Waals surface area contributed by atoms with Crippen molar-refractivity contribution in [3.05, 3.63) is 35.9 Å². The molecule has 0 aromatic heterocycles. The molecule has 0 fully saturated rings. The molecule has 6 nitrogen and oxygen atoms in total. The van der Waals surface area contributed by atoms with Crippen LogP contribution in [0.15, 0.2) is 30.3 Å². The Labute approximate surface area is 118 Å². The molecule has 0 radical (unpaired) electrons. The average Bonchev–Trinajstić information content (AvgIpc) is 2.37. The Hall–Kier alpha value is -1.44. The van der Waals surface area contributed by atoms with E-state index in [0.717, 1.165) is 6.42 Å². The minimum Gasteiger partial charge on any atom is -0.480 e. The van der Waals surface area contributed by atoms with Gasteiger partial charge < -0.3 is 10.4 Å². The second kappa shape index (κ2) is 7.37. The van der Waals surface area contributed by atoms with E-state index in [4.69, 9.17) is 9.66 Å². The second-order valence-electron chi connectivity index (χ2n) is 4.65. The van der Waals surface area contributed by atoms with E-state index in [2.05, 4.69) is 5.32 Å². The van der Waals surface area contributed by atoms with Crippen molar-refractivity contribution >= 4 is 16.1 Å². The summed E-state index contributed by atoms with van der Waals surface area (Å²) in [5.41, 5.74) is 1.17. The van der Waals surface area contributed by atoms with Gasteiger partial charge >= 0.3 is 5.97 Å². The lowest BCUT2D eigenvalue weighted by Gasteiger charge is -2.14. The summed E-state index contributed by atoms with van der Waals surface area (Å²) in [6.07, 6.45) is 0.738. The number of carboxylic acids is 1. The molecule has 1 aromatic rings. The standard InChI is InChI=1S/C13H19NO5S/c1-10(11-5-3-2-4-6-11)7-8-14-9-12(13(15)16)20(17,18)19/h2-6,10,12,14H,7-9H2,1H3,(H,15,16)(H,17,18,19). The third-order valence-corrected chi connectivity index (χ3v) is 4.17. The molecule has 7 heteroatoms. The van der Waals surface area contributed by atoms with Gasteiger partial charge in [0.1, 0.15) is 0 Å². The van der Waals surface area contributed by atoms with Crippen molar-refractivity contribution in [3.8, 4) is 0 Å². The van der Waals surface area contributed by atoms with Crippen LogP contribution in [-0.2, 0) is 14.9 Å². The van der Waals surface area contributed by atoms with Crippen LogP contribution in [0.3, 0.4) is 0 Å². The predicted octanol–water partition coefficient (Wildman–Crippen LogP) is 1.11. The van der Waals surface area contributed by atoms with E-state index in [1.165, 1.54) is 5.56 Å². The quantitative estimate of drug-likeness (QED) is 0.491. The Kier molecular flexibility index (Phi) is 6.12. The lowest BCUT2D eigenvalue weighted by atomic mass is 9.98. The summed E-state index contributed by atoms with van der Waals surface area (Å²) in [5, 5.41) is 9.65. The first-order valence-electron chi connectivity index (χ1n) is 6.27. The van der Waals surface area contributed by atoms with Gasteiger partial charge in [0.2, 0.25) is 0 Å². The lowest BCUT2D eigenvalue weighted by molar-refractivity contribution is -0.136. The number of carboxylic acid groups (broad SMARTS) is 1. The lowest BCUT2D eigenvalue weighted by Crippen LogP contribution is -2.39. The zero-order valence-corrected chi connectivity index (χ0v) is 12.0. The highest BCUT2D eigenvalue weighted by molar-refractivity contribution is 7.87. The number of hydrogen-bond donors (Lipinski definition) is 3. The van der Waals surface area contributed by atoms with Gasteiger partial charge in [0.25, 0.3) is 10.1 Å². The molecule has 112 valence electrons. The van der Waals surface area contributed by atoms with Gasteiger partial charge in [-0.2, -0.15) is 8.42 Å².